The Hall–Kier alpha value is -1.43. The number of fused-ring (bicyclic) bond motifs is 1. The van der Waals surface area contributed by atoms with Crippen molar-refractivity contribution >= 4 is 27.4 Å². The third-order valence-corrected chi connectivity index (χ3v) is 4.39. The molecular formula is C14H15NO3S. The van der Waals surface area contributed by atoms with Crippen molar-refractivity contribution in [2.75, 3.05) is 26.3 Å². The van der Waals surface area contributed by atoms with E-state index in [-0.39, 0.29) is 0 Å². The fourth-order valence-corrected chi connectivity index (χ4v) is 3.33. The SMILES string of the molecule is O=C(O)c1ccc2c(CN3CCOCC3)csc2c1. The number of benzene rings is 1. The number of ether oxygens (including phenoxy) is 1. The van der Waals surface area contributed by atoms with Crippen LogP contribution in [0.4, 0.5) is 0 Å². The van der Waals surface area contributed by atoms with E-state index in [1.165, 1.54) is 10.9 Å². The lowest BCUT2D eigenvalue weighted by Gasteiger charge is -2.26. The summed E-state index contributed by atoms with van der Waals surface area (Å²) in [5.74, 6) is -0.870. The van der Waals surface area contributed by atoms with E-state index in [2.05, 4.69) is 10.3 Å². The topological polar surface area (TPSA) is 49.8 Å². The molecule has 1 N–H and O–H groups in total. The van der Waals surface area contributed by atoms with Gasteiger partial charge in [-0.3, -0.25) is 4.90 Å². The third kappa shape index (κ3) is 2.63. The van der Waals surface area contributed by atoms with Gasteiger partial charge in [0.1, 0.15) is 0 Å². The first kappa shape index (κ1) is 12.6. The number of carboxylic acid groups (broad SMARTS) is 1. The Morgan fingerprint density at radius 1 is 1.37 bits per heavy atom. The summed E-state index contributed by atoms with van der Waals surface area (Å²) in [7, 11) is 0. The molecule has 2 heterocycles. The van der Waals surface area contributed by atoms with E-state index in [1.807, 2.05) is 6.07 Å². The Labute approximate surface area is 115 Å². The van der Waals surface area contributed by atoms with Gasteiger partial charge in [-0.05, 0) is 28.5 Å². The highest BCUT2D eigenvalue weighted by atomic mass is 32.1. The molecule has 19 heavy (non-hydrogen) atoms. The number of morpholine rings is 1. The second-order valence-corrected chi connectivity index (χ2v) is 5.58. The Kier molecular flexibility index (Phi) is 3.50. The van der Waals surface area contributed by atoms with E-state index >= 15 is 0 Å². The molecule has 0 saturated carbocycles. The summed E-state index contributed by atoms with van der Waals surface area (Å²) >= 11 is 1.61. The summed E-state index contributed by atoms with van der Waals surface area (Å²) in [4.78, 5) is 13.3. The minimum atomic E-state index is -0.870. The summed E-state index contributed by atoms with van der Waals surface area (Å²) in [6.07, 6.45) is 0. The molecule has 0 bridgehead atoms. The van der Waals surface area contributed by atoms with E-state index in [1.54, 1.807) is 23.5 Å². The maximum atomic E-state index is 11.0. The number of aromatic carboxylic acids is 1. The highest BCUT2D eigenvalue weighted by Gasteiger charge is 2.14. The maximum Gasteiger partial charge on any atom is 0.335 e. The molecule has 1 aromatic carbocycles. The first-order chi connectivity index (χ1) is 9.24. The Bertz CT molecular complexity index is 602. The van der Waals surface area contributed by atoms with Crippen LogP contribution in [0.5, 0.6) is 0 Å². The van der Waals surface area contributed by atoms with Crippen molar-refractivity contribution in [2.24, 2.45) is 0 Å². The zero-order valence-electron chi connectivity index (χ0n) is 10.5. The molecule has 0 radical (unpaired) electrons. The van der Waals surface area contributed by atoms with Gasteiger partial charge in [0.2, 0.25) is 0 Å². The van der Waals surface area contributed by atoms with Crippen molar-refractivity contribution in [1.82, 2.24) is 4.90 Å². The van der Waals surface area contributed by atoms with Gasteiger partial charge in [-0.15, -0.1) is 11.3 Å². The van der Waals surface area contributed by atoms with Gasteiger partial charge in [-0.25, -0.2) is 4.79 Å². The number of carbonyl (C=O) groups is 1. The molecule has 0 aliphatic carbocycles. The minimum Gasteiger partial charge on any atom is -0.478 e. The summed E-state index contributed by atoms with van der Waals surface area (Å²) < 4.78 is 6.39. The van der Waals surface area contributed by atoms with Crippen LogP contribution in [0.3, 0.4) is 0 Å². The second-order valence-electron chi connectivity index (χ2n) is 4.67. The van der Waals surface area contributed by atoms with Crippen molar-refractivity contribution in [3.05, 3.63) is 34.7 Å². The monoisotopic (exact) mass is 277 g/mol. The lowest BCUT2D eigenvalue weighted by atomic mass is 10.1. The number of carboxylic acids is 1. The molecule has 1 saturated heterocycles. The van der Waals surface area contributed by atoms with Gasteiger partial charge in [0.05, 0.1) is 18.8 Å². The minimum absolute atomic E-state index is 0.354. The molecule has 0 amide bonds. The number of rotatable bonds is 3. The van der Waals surface area contributed by atoms with Crippen LogP contribution in [0.15, 0.2) is 23.6 Å². The number of thiophene rings is 1. The van der Waals surface area contributed by atoms with Gasteiger partial charge < -0.3 is 9.84 Å². The molecule has 0 spiro atoms. The number of nitrogens with zero attached hydrogens (tertiary/aromatic N) is 1. The average molecular weight is 277 g/mol. The standard InChI is InChI=1S/C14H15NO3S/c16-14(17)10-1-2-12-11(9-19-13(12)7-10)8-15-3-5-18-6-4-15/h1-2,7,9H,3-6,8H2,(H,16,17). The van der Waals surface area contributed by atoms with E-state index in [0.717, 1.165) is 37.5 Å². The van der Waals surface area contributed by atoms with Crippen molar-refractivity contribution in [1.29, 1.82) is 0 Å². The maximum absolute atomic E-state index is 11.0. The zero-order chi connectivity index (χ0) is 13.2. The van der Waals surface area contributed by atoms with Crippen molar-refractivity contribution in [3.63, 3.8) is 0 Å². The highest BCUT2D eigenvalue weighted by molar-refractivity contribution is 7.17. The lowest BCUT2D eigenvalue weighted by Crippen LogP contribution is -2.35. The van der Waals surface area contributed by atoms with Crippen molar-refractivity contribution < 1.29 is 14.6 Å². The highest BCUT2D eigenvalue weighted by Crippen LogP contribution is 2.28. The molecule has 1 aromatic heterocycles. The van der Waals surface area contributed by atoms with E-state index in [4.69, 9.17) is 9.84 Å². The molecule has 5 heteroatoms. The van der Waals surface area contributed by atoms with Crippen molar-refractivity contribution in [3.8, 4) is 0 Å². The van der Waals surface area contributed by atoms with Crippen LogP contribution in [-0.4, -0.2) is 42.3 Å². The average Bonchev–Trinajstić information content (AvgIpc) is 2.82. The summed E-state index contributed by atoms with van der Waals surface area (Å²) in [6.45, 7) is 4.43. The Morgan fingerprint density at radius 2 is 2.16 bits per heavy atom. The molecule has 0 atom stereocenters. The van der Waals surface area contributed by atoms with Gasteiger partial charge in [0.15, 0.2) is 0 Å². The van der Waals surface area contributed by atoms with Crippen LogP contribution in [0.1, 0.15) is 15.9 Å². The van der Waals surface area contributed by atoms with E-state index in [9.17, 15) is 4.79 Å². The fraction of sp³-hybridized carbons (Fsp3) is 0.357. The van der Waals surface area contributed by atoms with Gasteiger partial charge >= 0.3 is 5.97 Å². The molecule has 1 aliphatic rings. The molecule has 100 valence electrons. The molecule has 0 unspecified atom stereocenters. The fourth-order valence-electron chi connectivity index (χ4n) is 2.34. The van der Waals surface area contributed by atoms with E-state index in [0.29, 0.717) is 5.56 Å². The first-order valence-corrected chi connectivity index (χ1v) is 7.15. The van der Waals surface area contributed by atoms with Gasteiger partial charge in [0.25, 0.3) is 0 Å². The molecule has 3 rings (SSSR count). The molecule has 2 aromatic rings. The summed E-state index contributed by atoms with van der Waals surface area (Å²) in [5, 5.41) is 12.3. The predicted molar refractivity (Wildman–Crippen MR) is 74.9 cm³/mol. The smallest absolute Gasteiger partial charge is 0.335 e. The van der Waals surface area contributed by atoms with Crippen LogP contribution < -0.4 is 0 Å². The Balaban J connectivity index is 1.86. The second kappa shape index (κ2) is 5.28. The summed E-state index contributed by atoms with van der Waals surface area (Å²) in [5.41, 5.74) is 1.63. The van der Waals surface area contributed by atoms with Crippen LogP contribution in [0.25, 0.3) is 10.1 Å². The van der Waals surface area contributed by atoms with Gasteiger partial charge in [-0.2, -0.15) is 0 Å². The first-order valence-electron chi connectivity index (χ1n) is 6.27. The molecule has 1 fully saturated rings. The van der Waals surface area contributed by atoms with E-state index < -0.39 is 5.97 Å². The van der Waals surface area contributed by atoms with Crippen LogP contribution >= 0.6 is 11.3 Å². The van der Waals surface area contributed by atoms with Gasteiger partial charge in [0, 0.05) is 24.3 Å². The molecular weight excluding hydrogens is 262 g/mol. The zero-order valence-corrected chi connectivity index (χ0v) is 11.3. The van der Waals surface area contributed by atoms with Gasteiger partial charge in [-0.1, -0.05) is 6.07 Å². The number of hydrogen-bond acceptors (Lipinski definition) is 4. The van der Waals surface area contributed by atoms with Crippen molar-refractivity contribution in [2.45, 2.75) is 6.54 Å². The Morgan fingerprint density at radius 3 is 2.89 bits per heavy atom. The van der Waals surface area contributed by atoms with Crippen LogP contribution in [-0.2, 0) is 11.3 Å². The van der Waals surface area contributed by atoms with Crippen LogP contribution in [0.2, 0.25) is 0 Å². The molecule has 1 aliphatic heterocycles. The summed E-state index contributed by atoms with van der Waals surface area (Å²) in [6, 6.07) is 5.36. The quantitative estimate of drug-likeness (QED) is 0.936. The third-order valence-electron chi connectivity index (χ3n) is 3.40. The van der Waals surface area contributed by atoms with Crippen LogP contribution in [0, 0.1) is 0 Å². The predicted octanol–water partition coefficient (Wildman–Crippen LogP) is 2.43. The lowest BCUT2D eigenvalue weighted by molar-refractivity contribution is 0.0344. The normalized spacial score (nSPS) is 16.8. The molecule has 4 nitrogen and oxygen atoms in total. The number of hydrogen-bond donors (Lipinski definition) is 1. The largest absolute Gasteiger partial charge is 0.478 e.